The summed E-state index contributed by atoms with van der Waals surface area (Å²) < 4.78 is 5.44. The molecule has 0 aromatic heterocycles. The van der Waals surface area contributed by atoms with Crippen LogP contribution in [-0.4, -0.2) is 25.3 Å². The summed E-state index contributed by atoms with van der Waals surface area (Å²) in [6.07, 6.45) is 7.01. The van der Waals surface area contributed by atoms with Crippen molar-refractivity contribution in [2.24, 2.45) is 0 Å². The van der Waals surface area contributed by atoms with Gasteiger partial charge >= 0.3 is 0 Å². The molecular weight excluding hydrogens is 186 g/mol. The number of ether oxygens (including phenoxy) is 1. The molecule has 15 heavy (non-hydrogen) atoms. The molecule has 1 aliphatic heterocycles. The van der Waals surface area contributed by atoms with Gasteiger partial charge in [-0.1, -0.05) is 26.8 Å². The van der Waals surface area contributed by atoms with Crippen molar-refractivity contribution in [2.75, 3.05) is 19.8 Å². The van der Waals surface area contributed by atoms with E-state index in [1.807, 2.05) is 0 Å². The maximum atomic E-state index is 5.44. The molecule has 0 aromatic carbocycles. The second-order valence-electron chi connectivity index (χ2n) is 4.40. The molecule has 0 radical (unpaired) electrons. The topological polar surface area (TPSA) is 21.3 Å². The molecule has 88 valence electrons. The molecule has 1 rings (SSSR count). The van der Waals surface area contributed by atoms with E-state index in [9.17, 15) is 0 Å². The quantitative estimate of drug-likeness (QED) is 0.682. The Kier molecular flexibility index (Phi) is 5.34. The van der Waals surface area contributed by atoms with Crippen LogP contribution < -0.4 is 5.32 Å². The largest absolute Gasteiger partial charge is 0.377 e. The monoisotopic (exact) mass is 211 g/mol. The summed E-state index contributed by atoms with van der Waals surface area (Å²) in [5.74, 6) is 0. The molecule has 0 amide bonds. The minimum Gasteiger partial charge on any atom is -0.377 e. The highest BCUT2D eigenvalue weighted by Gasteiger charge is 2.22. The molecule has 0 fully saturated rings. The van der Waals surface area contributed by atoms with Crippen LogP contribution >= 0.6 is 0 Å². The molecule has 2 nitrogen and oxygen atoms in total. The summed E-state index contributed by atoms with van der Waals surface area (Å²) in [5.41, 5.74) is 1.75. The lowest BCUT2D eigenvalue weighted by Gasteiger charge is -2.33. The standard InChI is InChI=1S/C13H25NO/c1-4-13(5-2,6-3)14-10-12-8-7-9-15-11-12/h8,14H,4-7,9-11H2,1-3H3. The van der Waals surface area contributed by atoms with E-state index in [4.69, 9.17) is 4.74 Å². The predicted octanol–water partition coefficient (Wildman–Crippen LogP) is 2.89. The molecule has 0 saturated carbocycles. The lowest BCUT2D eigenvalue weighted by Crippen LogP contribution is -2.45. The Hall–Kier alpha value is -0.340. The van der Waals surface area contributed by atoms with Crippen LogP contribution in [0.4, 0.5) is 0 Å². The first kappa shape index (κ1) is 12.7. The minimum atomic E-state index is 0.332. The Morgan fingerprint density at radius 2 is 1.93 bits per heavy atom. The highest BCUT2D eigenvalue weighted by molar-refractivity contribution is 5.08. The van der Waals surface area contributed by atoms with Gasteiger partial charge in [0.2, 0.25) is 0 Å². The molecule has 0 atom stereocenters. The van der Waals surface area contributed by atoms with Gasteiger partial charge in [-0.25, -0.2) is 0 Å². The first-order valence-corrected chi connectivity index (χ1v) is 6.27. The maximum absolute atomic E-state index is 5.44. The van der Waals surface area contributed by atoms with Crippen molar-refractivity contribution >= 4 is 0 Å². The fraction of sp³-hybridized carbons (Fsp3) is 0.846. The molecule has 0 aliphatic carbocycles. The zero-order valence-corrected chi connectivity index (χ0v) is 10.4. The SMILES string of the molecule is CCC(CC)(CC)NCC1=CCCOC1. The zero-order valence-electron chi connectivity index (χ0n) is 10.4. The Morgan fingerprint density at radius 3 is 2.40 bits per heavy atom. The molecule has 1 N–H and O–H groups in total. The summed E-state index contributed by atoms with van der Waals surface area (Å²) in [6, 6.07) is 0. The van der Waals surface area contributed by atoms with Crippen molar-refractivity contribution < 1.29 is 4.74 Å². The zero-order chi connectivity index (χ0) is 11.1. The van der Waals surface area contributed by atoms with Gasteiger partial charge in [0.05, 0.1) is 13.2 Å². The molecule has 0 aromatic rings. The van der Waals surface area contributed by atoms with Gasteiger partial charge in [-0.15, -0.1) is 0 Å². The van der Waals surface area contributed by atoms with Gasteiger partial charge in [-0.2, -0.15) is 0 Å². The van der Waals surface area contributed by atoms with Gasteiger partial charge in [-0.3, -0.25) is 0 Å². The van der Waals surface area contributed by atoms with E-state index in [2.05, 4.69) is 32.2 Å². The molecule has 0 saturated heterocycles. The number of rotatable bonds is 6. The summed E-state index contributed by atoms with van der Waals surface area (Å²) >= 11 is 0. The minimum absolute atomic E-state index is 0.332. The van der Waals surface area contributed by atoms with Gasteiger partial charge < -0.3 is 10.1 Å². The van der Waals surface area contributed by atoms with Crippen molar-refractivity contribution in [2.45, 2.75) is 52.0 Å². The summed E-state index contributed by atoms with van der Waals surface area (Å²) in [7, 11) is 0. The molecule has 0 bridgehead atoms. The van der Waals surface area contributed by atoms with Gasteiger partial charge in [0.1, 0.15) is 0 Å². The smallest absolute Gasteiger partial charge is 0.0689 e. The fourth-order valence-corrected chi connectivity index (χ4v) is 2.16. The average Bonchev–Trinajstić information content (AvgIpc) is 2.33. The van der Waals surface area contributed by atoms with Crippen LogP contribution in [0.2, 0.25) is 0 Å². The maximum Gasteiger partial charge on any atom is 0.0689 e. The molecule has 0 unspecified atom stereocenters. The van der Waals surface area contributed by atoms with E-state index in [0.29, 0.717) is 5.54 Å². The van der Waals surface area contributed by atoms with Crippen LogP contribution in [0.3, 0.4) is 0 Å². The number of hydrogen-bond acceptors (Lipinski definition) is 2. The van der Waals surface area contributed by atoms with Crippen molar-refractivity contribution in [1.82, 2.24) is 5.32 Å². The Balaban J connectivity index is 2.42. The Bertz CT molecular complexity index is 198. The lowest BCUT2D eigenvalue weighted by atomic mass is 9.89. The van der Waals surface area contributed by atoms with E-state index in [0.717, 1.165) is 26.2 Å². The van der Waals surface area contributed by atoms with E-state index in [1.165, 1.54) is 24.8 Å². The van der Waals surface area contributed by atoms with Crippen molar-refractivity contribution in [3.63, 3.8) is 0 Å². The van der Waals surface area contributed by atoms with E-state index >= 15 is 0 Å². The molecular formula is C13H25NO. The molecule has 0 spiro atoms. The molecule has 1 heterocycles. The van der Waals surface area contributed by atoms with Crippen LogP contribution in [-0.2, 0) is 4.74 Å². The van der Waals surface area contributed by atoms with Crippen LogP contribution in [0.5, 0.6) is 0 Å². The van der Waals surface area contributed by atoms with E-state index in [-0.39, 0.29) is 0 Å². The third kappa shape index (κ3) is 3.62. The van der Waals surface area contributed by atoms with Crippen molar-refractivity contribution in [1.29, 1.82) is 0 Å². The summed E-state index contributed by atoms with van der Waals surface area (Å²) in [4.78, 5) is 0. The number of nitrogens with one attached hydrogen (secondary N) is 1. The summed E-state index contributed by atoms with van der Waals surface area (Å²) in [6.45, 7) is 9.52. The van der Waals surface area contributed by atoms with E-state index in [1.54, 1.807) is 0 Å². The fourth-order valence-electron chi connectivity index (χ4n) is 2.16. The van der Waals surface area contributed by atoms with Crippen LogP contribution in [0.15, 0.2) is 11.6 Å². The van der Waals surface area contributed by atoms with Gasteiger partial charge in [0, 0.05) is 12.1 Å². The van der Waals surface area contributed by atoms with Crippen molar-refractivity contribution in [3.8, 4) is 0 Å². The van der Waals surface area contributed by atoms with Crippen molar-refractivity contribution in [3.05, 3.63) is 11.6 Å². The van der Waals surface area contributed by atoms with Gasteiger partial charge in [0.15, 0.2) is 0 Å². The average molecular weight is 211 g/mol. The first-order valence-electron chi connectivity index (χ1n) is 6.27. The highest BCUT2D eigenvalue weighted by atomic mass is 16.5. The van der Waals surface area contributed by atoms with Crippen LogP contribution in [0.25, 0.3) is 0 Å². The van der Waals surface area contributed by atoms with E-state index < -0.39 is 0 Å². The Labute approximate surface area is 94.1 Å². The third-order valence-corrected chi connectivity index (χ3v) is 3.70. The number of hydrogen-bond donors (Lipinski definition) is 1. The summed E-state index contributed by atoms with van der Waals surface area (Å²) in [5, 5.41) is 3.70. The van der Waals surface area contributed by atoms with Crippen LogP contribution in [0, 0.1) is 0 Å². The van der Waals surface area contributed by atoms with Gasteiger partial charge in [-0.05, 0) is 31.3 Å². The predicted molar refractivity (Wildman–Crippen MR) is 65.1 cm³/mol. The lowest BCUT2D eigenvalue weighted by molar-refractivity contribution is 0.146. The normalized spacial score (nSPS) is 17.7. The third-order valence-electron chi connectivity index (χ3n) is 3.70. The first-order chi connectivity index (χ1) is 7.26. The van der Waals surface area contributed by atoms with Gasteiger partial charge in [0.25, 0.3) is 0 Å². The molecule has 1 aliphatic rings. The highest BCUT2D eigenvalue weighted by Crippen LogP contribution is 2.19. The Morgan fingerprint density at radius 1 is 1.27 bits per heavy atom. The second kappa shape index (κ2) is 6.29. The van der Waals surface area contributed by atoms with Crippen LogP contribution in [0.1, 0.15) is 46.5 Å². The molecule has 2 heteroatoms. The second-order valence-corrected chi connectivity index (χ2v) is 4.40.